The number of carbonyl (C=O) groups excluding carboxylic acids is 1. The van der Waals surface area contributed by atoms with Crippen molar-refractivity contribution in [3.63, 3.8) is 0 Å². The molecule has 0 radical (unpaired) electrons. The molecule has 0 aliphatic rings. The average molecular weight is 322 g/mol. The molecule has 20 heavy (non-hydrogen) atoms. The first-order valence-electron chi connectivity index (χ1n) is 5.70. The summed E-state index contributed by atoms with van der Waals surface area (Å²) >= 11 is 11.3. The van der Waals surface area contributed by atoms with Crippen molar-refractivity contribution in [2.75, 3.05) is 5.32 Å². The highest BCUT2D eigenvalue weighted by molar-refractivity contribution is 6.35. The highest BCUT2D eigenvalue weighted by Crippen LogP contribution is 2.28. The zero-order valence-electron chi connectivity index (χ0n) is 10.8. The summed E-state index contributed by atoms with van der Waals surface area (Å²) < 4.78 is 13.3. The highest BCUT2D eigenvalue weighted by Gasteiger charge is 2.27. The van der Waals surface area contributed by atoms with E-state index in [2.05, 4.69) is 10.5 Å². The van der Waals surface area contributed by atoms with E-state index in [4.69, 9.17) is 34.1 Å². The molecular formula is C12H14Cl2FN3O2. The summed E-state index contributed by atoms with van der Waals surface area (Å²) in [5.74, 6) is -2.51. The minimum atomic E-state index is -0.831. The van der Waals surface area contributed by atoms with Crippen LogP contribution in [0.2, 0.25) is 10.0 Å². The molecule has 8 heteroatoms. The van der Waals surface area contributed by atoms with Gasteiger partial charge in [-0.2, -0.15) is 0 Å². The fourth-order valence-electron chi connectivity index (χ4n) is 1.69. The van der Waals surface area contributed by atoms with Gasteiger partial charge in [-0.15, -0.1) is 0 Å². The number of rotatable bonds is 4. The number of hydrogen-bond acceptors (Lipinski definition) is 3. The van der Waals surface area contributed by atoms with Crippen LogP contribution in [0.4, 0.5) is 10.1 Å². The van der Waals surface area contributed by atoms with Crippen molar-refractivity contribution < 1.29 is 14.4 Å². The van der Waals surface area contributed by atoms with Gasteiger partial charge in [0.2, 0.25) is 5.91 Å². The van der Waals surface area contributed by atoms with Gasteiger partial charge in [-0.1, -0.05) is 42.2 Å². The van der Waals surface area contributed by atoms with E-state index >= 15 is 0 Å². The quantitative estimate of drug-likeness (QED) is 0.262. The van der Waals surface area contributed by atoms with Crippen LogP contribution in [0.3, 0.4) is 0 Å². The maximum absolute atomic E-state index is 13.3. The maximum atomic E-state index is 13.3. The molecule has 0 aliphatic carbocycles. The number of nitrogens with one attached hydrogen (secondary N) is 1. The molecule has 1 aromatic rings. The van der Waals surface area contributed by atoms with Crippen molar-refractivity contribution in [3.05, 3.63) is 28.0 Å². The minimum absolute atomic E-state index is 0.197. The molecular weight excluding hydrogens is 308 g/mol. The molecule has 1 unspecified atom stereocenters. The van der Waals surface area contributed by atoms with Crippen molar-refractivity contribution in [2.45, 2.75) is 13.8 Å². The molecule has 1 atom stereocenters. The number of hydrogen-bond donors (Lipinski definition) is 3. The molecule has 4 N–H and O–H groups in total. The van der Waals surface area contributed by atoms with Crippen LogP contribution in [0.5, 0.6) is 0 Å². The Morgan fingerprint density at radius 1 is 1.40 bits per heavy atom. The van der Waals surface area contributed by atoms with E-state index in [1.54, 1.807) is 13.8 Å². The third-order valence-corrected chi connectivity index (χ3v) is 3.18. The summed E-state index contributed by atoms with van der Waals surface area (Å²) in [4.78, 5) is 12.1. The topological polar surface area (TPSA) is 87.7 Å². The van der Waals surface area contributed by atoms with E-state index in [0.717, 1.165) is 0 Å². The first kappa shape index (κ1) is 16.5. The van der Waals surface area contributed by atoms with E-state index < -0.39 is 17.6 Å². The van der Waals surface area contributed by atoms with Crippen LogP contribution >= 0.6 is 23.2 Å². The minimum Gasteiger partial charge on any atom is -0.409 e. The number of benzene rings is 1. The van der Waals surface area contributed by atoms with Crippen LogP contribution in [-0.4, -0.2) is 17.0 Å². The predicted octanol–water partition coefficient (Wildman–Crippen LogP) is 3.09. The van der Waals surface area contributed by atoms with Gasteiger partial charge < -0.3 is 16.3 Å². The fourth-order valence-corrected chi connectivity index (χ4v) is 2.18. The third kappa shape index (κ3) is 3.74. The SMILES string of the molecule is CC(C)C(C(=O)Nc1cc(Cl)c(F)c(Cl)c1)/C(N)=N/O. The van der Waals surface area contributed by atoms with Crippen LogP contribution in [0, 0.1) is 17.7 Å². The lowest BCUT2D eigenvalue weighted by atomic mass is 9.94. The fraction of sp³-hybridized carbons (Fsp3) is 0.333. The van der Waals surface area contributed by atoms with Gasteiger partial charge in [-0.05, 0) is 18.1 Å². The van der Waals surface area contributed by atoms with Crippen molar-refractivity contribution in [1.82, 2.24) is 0 Å². The van der Waals surface area contributed by atoms with Crippen LogP contribution in [0.15, 0.2) is 17.3 Å². The van der Waals surface area contributed by atoms with Crippen LogP contribution in [0.1, 0.15) is 13.8 Å². The van der Waals surface area contributed by atoms with Gasteiger partial charge in [-0.3, -0.25) is 4.79 Å². The Kier molecular flexibility index (Phi) is 5.59. The molecule has 0 saturated heterocycles. The lowest BCUT2D eigenvalue weighted by molar-refractivity contribution is -0.119. The monoisotopic (exact) mass is 321 g/mol. The van der Waals surface area contributed by atoms with E-state index in [1.165, 1.54) is 12.1 Å². The number of amidine groups is 1. The first-order valence-corrected chi connectivity index (χ1v) is 6.46. The summed E-state index contributed by atoms with van der Waals surface area (Å²) in [6.07, 6.45) is 0. The zero-order valence-corrected chi connectivity index (χ0v) is 12.3. The summed E-state index contributed by atoms with van der Waals surface area (Å²) in [5, 5.41) is 13.6. The second-order valence-corrected chi connectivity index (χ2v) is 5.30. The standard InChI is InChI=1S/C12H14Cl2FN3O2/c1-5(2)9(11(16)18-20)12(19)17-6-3-7(13)10(15)8(14)4-6/h3-5,9,20H,1-2H3,(H2,16,18)(H,17,19). The molecule has 0 aromatic heterocycles. The largest absolute Gasteiger partial charge is 0.409 e. The van der Waals surface area contributed by atoms with E-state index in [9.17, 15) is 9.18 Å². The van der Waals surface area contributed by atoms with Gasteiger partial charge in [-0.25, -0.2) is 4.39 Å². The summed E-state index contributed by atoms with van der Waals surface area (Å²) in [5.41, 5.74) is 5.71. The molecule has 1 amide bonds. The molecule has 1 aromatic carbocycles. The van der Waals surface area contributed by atoms with Gasteiger partial charge in [0.1, 0.15) is 5.92 Å². The van der Waals surface area contributed by atoms with Gasteiger partial charge in [0.05, 0.1) is 10.0 Å². The Bertz CT molecular complexity index is 526. The molecule has 0 bridgehead atoms. The Hall–Kier alpha value is -1.53. The molecule has 1 rings (SSSR count). The number of nitrogens with two attached hydrogens (primary N) is 1. The molecule has 5 nitrogen and oxygen atoms in total. The van der Waals surface area contributed by atoms with Gasteiger partial charge in [0.25, 0.3) is 0 Å². The number of carbonyl (C=O) groups is 1. The smallest absolute Gasteiger partial charge is 0.235 e. The Balaban J connectivity index is 3.00. The van der Waals surface area contributed by atoms with Crippen LogP contribution in [0.25, 0.3) is 0 Å². The summed E-state index contributed by atoms with van der Waals surface area (Å²) in [7, 11) is 0. The van der Waals surface area contributed by atoms with E-state index in [0.29, 0.717) is 0 Å². The lowest BCUT2D eigenvalue weighted by Crippen LogP contribution is -2.38. The number of amides is 1. The van der Waals surface area contributed by atoms with Gasteiger partial charge in [0, 0.05) is 5.69 Å². The predicted molar refractivity (Wildman–Crippen MR) is 76.8 cm³/mol. The van der Waals surface area contributed by atoms with Crippen molar-refractivity contribution in [1.29, 1.82) is 0 Å². The normalized spacial score (nSPS) is 13.4. The molecule has 0 fully saturated rings. The Labute approximate surface area is 125 Å². The van der Waals surface area contributed by atoms with Crippen molar-refractivity contribution in [2.24, 2.45) is 22.7 Å². The van der Waals surface area contributed by atoms with E-state index in [-0.39, 0.29) is 27.5 Å². The maximum Gasteiger partial charge on any atom is 0.235 e. The van der Waals surface area contributed by atoms with Crippen molar-refractivity contribution in [3.8, 4) is 0 Å². The van der Waals surface area contributed by atoms with Crippen LogP contribution in [-0.2, 0) is 4.79 Å². The van der Waals surface area contributed by atoms with Crippen molar-refractivity contribution >= 4 is 40.6 Å². The summed E-state index contributed by atoms with van der Waals surface area (Å²) in [6.45, 7) is 3.49. The third-order valence-electron chi connectivity index (χ3n) is 2.63. The number of nitrogens with zero attached hydrogens (tertiary/aromatic N) is 1. The second kappa shape index (κ2) is 6.76. The molecule has 0 aliphatic heterocycles. The van der Waals surface area contributed by atoms with Crippen LogP contribution < -0.4 is 11.1 Å². The van der Waals surface area contributed by atoms with Gasteiger partial charge >= 0.3 is 0 Å². The second-order valence-electron chi connectivity index (χ2n) is 4.49. The molecule has 0 spiro atoms. The number of anilines is 1. The first-order chi connectivity index (χ1) is 9.27. The summed E-state index contributed by atoms with van der Waals surface area (Å²) in [6, 6.07) is 2.45. The molecule has 0 heterocycles. The number of oxime groups is 1. The Morgan fingerprint density at radius 3 is 2.30 bits per heavy atom. The molecule has 0 saturated carbocycles. The molecule has 110 valence electrons. The zero-order chi connectivity index (χ0) is 15.4. The Morgan fingerprint density at radius 2 is 1.90 bits per heavy atom. The lowest BCUT2D eigenvalue weighted by Gasteiger charge is -2.19. The average Bonchev–Trinajstić information content (AvgIpc) is 2.35. The highest BCUT2D eigenvalue weighted by atomic mass is 35.5. The van der Waals surface area contributed by atoms with Gasteiger partial charge in [0.15, 0.2) is 11.7 Å². The van der Waals surface area contributed by atoms with E-state index in [1.807, 2.05) is 0 Å². The number of halogens is 3.